The highest BCUT2D eigenvalue weighted by Crippen LogP contribution is 2.29. The monoisotopic (exact) mass is 322 g/mol. The number of hydrogen-bond donors (Lipinski definition) is 2. The van der Waals surface area contributed by atoms with Crippen molar-refractivity contribution in [2.45, 2.75) is 6.92 Å². The van der Waals surface area contributed by atoms with E-state index < -0.39 is 0 Å². The van der Waals surface area contributed by atoms with Crippen LogP contribution in [0.5, 0.6) is 5.75 Å². The van der Waals surface area contributed by atoms with Gasteiger partial charge in [0.05, 0.1) is 6.61 Å². The van der Waals surface area contributed by atoms with E-state index in [9.17, 15) is 0 Å². The highest BCUT2D eigenvalue weighted by molar-refractivity contribution is 9.10. The maximum atomic E-state index is 5.46. The summed E-state index contributed by atoms with van der Waals surface area (Å²) in [6.07, 6.45) is 1.51. The molecular formula is C13H15BrN4O. The summed E-state index contributed by atoms with van der Waals surface area (Å²) >= 11 is 3.47. The van der Waals surface area contributed by atoms with Crippen molar-refractivity contribution >= 4 is 33.3 Å². The molecule has 2 N–H and O–H groups in total. The fraction of sp³-hybridized carbons (Fsp3) is 0.231. The van der Waals surface area contributed by atoms with Gasteiger partial charge in [0.1, 0.15) is 28.2 Å². The van der Waals surface area contributed by atoms with Crippen LogP contribution in [0.25, 0.3) is 0 Å². The number of ether oxygens (including phenoxy) is 1. The van der Waals surface area contributed by atoms with Crippen LogP contribution in [0.4, 0.5) is 17.3 Å². The molecule has 0 aliphatic heterocycles. The first kappa shape index (κ1) is 13.6. The van der Waals surface area contributed by atoms with Crippen LogP contribution in [-0.2, 0) is 0 Å². The molecule has 0 bridgehead atoms. The van der Waals surface area contributed by atoms with Gasteiger partial charge in [-0.2, -0.15) is 0 Å². The van der Waals surface area contributed by atoms with Crippen LogP contribution >= 0.6 is 15.9 Å². The van der Waals surface area contributed by atoms with E-state index in [4.69, 9.17) is 4.74 Å². The maximum Gasteiger partial charge on any atom is 0.150 e. The predicted octanol–water partition coefficient (Wildman–Crippen LogP) is 3.42. The molecule has 1 aromatic heterocycles. The molecular weight excluding hydrogens is 308 g/mol. The SMILES string of the molecule is CCOc1cccc(Nc2ncnc(NC)c2Br)c1. The van der Waals surface area contributed by atoms with Crippen LogP contribution in [0.2, 0.25) is 0 Å². The molecule has 5 nitrogen and oxygen atoms in total. The Morgan fingerprint density at radius 2 is 2.05 bits per heavy atom. The smallest absolute Gasteiger partial charge is 0.150 e. The lowest BCUT2D eigenvalue weighted by Gasteiger charge is -2.11. The fourth-order valence-corrected chi connectivity index (χ4v) is 2.10. The number of aromatic nitrogens is 2. The Balaban J connectivity index is 2.23. The third-order valence-electron chi connectivity index (χ3n) is 2.43. The van der Waals surface area contributed by atoms with E-state index in [-0.39, 0.29) is 0 Å². The standard InChI is InChI=1S/C13H15BrN4O/c1-3-19-10-6-4-5-9(7-10)18-13-11(14)12(15-2)16-8-17-13/h4-8H,3H2,1-2H3,(H2,15,16,17,18). The molecule has 0 radical (unpaired) electrons. The first-order chi connectivity index (χ1) is 9.24. The van der Waals surface area contributed by atoms with Gasteiger partial charge < -0.3 is 15.4 Å². The van der Waals surface area contributed by atoms with Crippen molar-refractivity contribution in [3.8, 4) is 5.75 Å². The summed E-state index contributed by atoms with van der Waals surface area (Å²) in [6.45, 7) is 2.60. The lowest BCUT2D eigenvalue weighted by atomic mass is 10.3. The van der Waals surface area contributed by atoms with Crippen molar-refractivity contribution in [2.24, 2.45) is 0 Å². The largest absolute Gasteiger partial charge is 0.494 e. The molecule has 100 valence electrons. The molecule has 0 atom stereocenters. The zero-order valence-electron chi connectivity index (χ0n) is 10.8. The number of nitrogens with zero attached hydrogens (tertiary/aromatic N) is 2. The van der Waals surface area contributed by atoms with Crippen LogP contribution in [0.15, 0.2) is 35.1 Å². The van der Waals surface area contributed by atoms with E-state index in [1.807, 2.05) is 38.2 Å². The third-order valence-corrected chi connectivity index (χ3v) is 3.19. The summed E-state index contributed by atoms with van der Waals surface area (Å²) in [4.78, 5) is 8.32. The molecule has 0 amide bonds. The second kappa shape index (κ2) is 6.38. The van der Waals surface area contributed by atoms with Crippen molar-refractivity contribution in [3.63, 3.8) is 0 Å². The summed E-state index contributed by atoms with van der Waals surface area (Å²) in [5.74, 6) is 2.26. The van der Waals surface area contributed by atoms with E-state index in [2.05, 4.69) is 36.5 Å². The van der Waals surface area contributed by atoms with E-state index in [1.54, 1.807) is 0 Å². The van der Waals surface area contributed by atoms with Crippen LogP contribution < -0.4 is 15.4 Å². The molecule has 0 saturated carbocycles. The zero-order valence-corrected chi connectivity index (χ0v) is 12.4. The van der Waals surface area contributed by atoms with Gasteiger partial charge in [-0.1, -0.05) is 6.07 Å². The van der Waals surface area contributed by atoms with Crippen molar-refractivity contribution in [2.75, 3.05) is 24.3 Å². The molecule has 1 heterocycles. The Morgan fingerprint density at radius 1 is 1.26 bits per heavy atom. The first-order valence-corrected chi connectivity index (χ1v) is 6.72. The number of halogens is 1. The minimum Gasteiger partial charge on any atom is -0.494 e. The fourth-order valence-electron chi connectivity index (χ4n) is 1.60. The topological polar surface area (TPSA) is 59.1 Å². The highest BCUT2D eigenvalue weighted by Gasteiger charge is 2.07. The molecule has 0 fully saturated rings. The quantitative estimate of drug-likeness (QED) is 0.883. The summed E-state index contributed by atoms with van der Waals surface area (Å²) in [7, 11) is 1.81. The second-order valence-corrected chi connectivity index (χ2v) is 4.51. The Morgan fingerprint density at radius 3 is 2.79 bits per heavy atom. The number of anilines is 3. The van der Waals surface area contributed by atoms with E-state index in [0.717, 1.165) is 21.7 Å². The molecule has 0 aliphatic carbocycles. The normalized spacial score (nSPS) is 10.1. The van der Waals surface area contributed by atoms with Crippen molar-refractivity contribution in [3.05, 3.63) is 35.1 Å². The lowest BCUT2D eigenvalue weighted by molar-refractivity contribution is 0.340. The molecule has 6 heteroatoms. The second-order valence-electron chi connectivity index (χ2n) is 3.72. The molecule has 2 aromatic rings. The molecule has 0 aliphatic rings. The van der Waals surface area contributed by atoms with Gasteiger partial charge in [-0.25, -0.2) is 9.97 Å². The zero-order chi connectivity index (χ0) is 13.7. The number of rotatable bonds is 5. The van der Waals surface area contributed by atoms with E-state index in [1.165, 1.54) is 6.33 Å². The summed E-state index contributed by atoms with van der Waals surface area (Å²) in [5.41, 5.74) is 0.910. The van der Waals surface area contributed by atoms with Crippen molar-refractivity contribution < 1.29 is 4.74 Å². The minimum absolute atomic E-state index is 0.643. The van der Waals surface area contributed by atoms with E-state index in [0.29, 0.717) is 12.4 Å². The van der Waals surface area contributed by atoms with Gasteiger partial charge in [0.15, 0.2) is 0 Å². The number of benzene rings is 1. The minimum atomic E-state index is 0.643. The molecule has 0 unspecified atom stereocenters. The van der Waals surface area contributed by atoms with Gasteiger partial charge in [0.2, 0.25) is 0 Å². The predicted molar refractivity (Wildman–Crippen MR) is 80.2 cm³/mol. The van der Waals surface area contributed by atoms with Gasteiger partial charge in [0, 0.05) is 18.8 Å². The summed E-state index contributed by atoms with van der Waals surface area (Å²) < 4.78 is 6.25. The van der Waals surface area contributed by atoms with Crippen LogP contribution in [0, 0.1) is 0 Å². The van der Waals surface area contributed by atoms with Crippen molar-refractivity contribution in [1.29, 1.82) is 0 Å². The Bertz CT molecular complexity index is 562. The summed E-state index contributed by atoms with van der Waals surface area (Å²) in [5, 5.41) is 6.22. The van der Waals surface area contributed by atoms with Gasteiger partial charge in [-0.3, -0.25) is 0 Å². The van der Waals surface area contributed by atoms with Gasteiger partial charge in [0.25, 0.3) is 0 Å². The molecule has 0 saturated heterocycles. The Labute approximate surface area is 120 Å². The Hall–Kier alpha value is -1.82. The Kier molecular flexibility index (Phi) is 4.57. The van der Waals surface area contributed by atoms with Crippen LogP contribution in [0.1, 0.15) is 6.92 Å². The van der Waals surface area contributed by atoms with Crippen LogP contribution in [-0.4, -0.2) is 23.6 Å². The lowest BCUT2D eigenvalue weighted by Crippen LogP contribution is -2.00. The van der Waals surface area contributed by atoms with Gasteiger partial charge >= 0.3 is 0 Å². The number of nitrogens with one attached hydrogen (secondary N) is 2. The van der Waals surface area contributed by atoms with Crippen molar-refractivity contribution in [1.82, 2.24) is 9.97 Å². The third kappa shape index (κ3) is 3.35. The number of hydrogen-bond acceptors (Lipinski definition) is 5. The molecule has 1 aromatic carbocycles. The maximum absolute atomic E-state index is 5.46. The van der Waals surface area contributed by atoms with Crippen LogP contribution in [0.3, 0.4) is 0 Å². The highest BCUT2D eigenvalue weighted by atomic mass is 79.9. The molecule has 19 heavy (non-hydrogen) atoms. The van der Waals surface area contributed by atoms with E-state index >= 15 is 0 Å². The molecule has 0 spiro atoms. The average molecular weight is 323 g/mol. The average Bonchev–Trinajstić information content (AvgIpc) is 2.42. The van der Waals surface area contributed by atoms with Gasteiger partial charge in [-0.15, -0.1) is 0 Å². The summed E-state index contributed by atoms with van der Waals surface area (Å²) in [6, 6.07) is 7.73. The molecule has 2 rings (SSSR count). The van der Waals surface area contributed by atoms with Gasteiger partial charge in [-0.05, 0) is 35.0 Å². The first-order valence-electron chi connectivity index (χ1n) is 5.92.